The van der Waals surface area contributed by atoms with E-state index >= 15 is 0 Å². The lowest BCUT2D eigenvalue weighted by molar-refractivity contribution is 0.0226. The third-order valence-corrected chi connectivity index (χ3v) is 3.84. The van der Waals surface area contributed by atoms with Crippen molar-refractivity contribution in [2.45, 2.75) is 12.5 Å². The van der Waals surface area contributed by atoms with Crippen LogP contribution in [0.1, 0.15) is 6.42 Å². The predicted molar refractivity (Wildman–Crippen MR) is 88.2 cm³/mol. The molecule has 0 unspecified atom stereocenters. The van der Waals surface area contributed by atoms with E-state index in [9.17, 15) is 0 Å². The van der Waals surface area contributed by atoms with Crippen molar-refractivity contribution in [2.24, 2.45) is 11.7 Å². The maximum absolute atomic E-state index is 6.06. The first-order valence-corrected chi connectivity index (χ1v) is 7.37. The van der Waals surface area contributed by atoms with Gasteiger partial charge in [0.15, 0.2) is 0 Å². The SMILES string of the molecule is Cl.N[C@H]1CCOC[C@@H]1COc1ccc(-n2cc(Cl)cn2)cc1. The van der Waals surface area contributed by atoms with E-state index in [-0.39, 0.29) is 24.4 Å². The van der Waals surface area contributed by atoms with E-state index in [1.807, 2.05) is 24.3 Å². The number of aromatic nitrogens is 2. The number of halogens is 2. The summed E-state index contributed by atoms with van der Waals surface area (Å²) >= 11 is 5.86. The van der Waals surface area contributed by atoms with E-state index in [2.05, 4.69) is 5.10 Å². The van der Waals surface area contributed by atoms with Gasteiger partial charge in [-0.15, -0.1) is 12.4 Å². The lowest BCUT2D eigenvalue weighted by atomic mass is 9.98. The zero-order valence-electron chi connectivity index (χ0n) is 12.0. The number of benzene rings is 1. The molecule has 1 saturated heterocycles. The Bertz CT molecular complexity index is 589. The van der Waals surface area contributed by atoms with Crippen molar-refractivity contribution in [1.82, 2.24) is 9.78 Å². The lowest BCUT2D eigenvalue weighted by Gasteiger charge is -2.28. The Morgan fingerprint density at radius 3 is 2.77 bits per heavy atom. The molecule has 2 atom stereocenters. The highest BCUT2D eigenvalue weighted by Crippen LogP contribution is 2.19. The molecule has 0 saturated carbocycles. The van der Waals surface area contributed by atoms with Crippen LogP contribution >= 0.6 is 24.0 Å². The van der Waals surface area contributed by atoms with Gasteiger partial charge in [0.2, 0.25) is 0 Å². The number of rotatable bonds is 4. The first-order valence-electron chi connectivity index (χ1n) is 6.99. The van der Waals surface area contributed by atoms with Gasteiger partial charge >= 0.3 is 0 Å². The minimum Gasteiger partial charge on any atom is -0.493 e. The summed E-state index contributed by atoms with van der Waals surface area (Å²) in [6.07, 6.45) is 4.26. The Morgan fingerprint density at radius 2 is 2.14 bits per heavy atom. The van der Waals surface area contributed by atoms with Crippen molar-refractivity contribution in [2.75, 3.05) is 19.8 Å². The average molecular weight is 344 g/mol. The summed E-state index contributed by atoms with van der Waals surface area (Å²) in [6.45, 7) is 2.00. The Balaban J connectivity index is 0.00000176. The summed E-state index contributed by atoms with van der Waals surface area (Å²) in [5, 5.41) is 4.77. The van der Waals surface area contributed by atoms with Gasteiger partial charge in [-0.25, -0.2) is 4.68 Å². The molecule has 5 nitrogen and oxygen atoms in total. The highest BCUT2D eigenvalue weighted by molar-refractivity contribution is 6.30. The maximum Gasteiger partial charge on any atom is 0.119 e. The van der Waals surface area contributed by atoms with Gasteiger partial charge in [0.1, 0.15) is 5.75 Å². The fourth-order valence-corrected chi connectivity index (χ4v) is 2.46. The fourth-order valence-electron chi connectivity index (χ4n) is 2.33. The first kappa shape index (κ1) is 17.1. The van der Waals surface area contributed by atoms with Crippen molar-refractivity contribution < 1.29 is 9.47 Å². The normalized spacial score (nSPS) is 21.2. The highest BCUT2D eigenvalue weighted by Gasteiger charge is 2.22. The van der Waals surface area contributed by atoms with Crippen LogP contribution in [0.15, 0.2) is 36.7 Å². The molecule has 2 aromatic rings. The van der Waals surface area contributed by atoms with E-state index in [4.69, 9.17) is 26.8 Å². The highest BCUT2D eigenvalue weighted by atomic mass is 35.5. The Labute approximate surface area is 140 Å². The molecule has 0 radical (unpaired) electrons. The maximum atomic E-state index is 6.06. The van der Waals surface area contributed by atoms with E-state index in [0.717, 1.165) is 24.5 Å². The van der Waals surface area contributed by atoms with Crippen LogP contribution < -0.4 is 10.5 Å². The van der Waals surface area contributed by atoms with Crippen molar-refractivity contribution in [3.8, 4) is 11.4 Å². The van der Waals surface area contributed by atoms with Crippen molar-refractivity contribution in [1.29, 1.82) is 0 Å². The monoisotopic (exact) mass is 343 g/mol. The molecule has 1 aromatic carbocycles. The molecule has 120 valence electrons. The summed E-state index contributed by atoms with van der Waals surface area (Å²) in [6, 6.07) is 7.87. The standard InChI is InChI=1S/C15H18ClN3O2.ClH/c16-12-7-18-19(8-12)13-1-3-14(4-2-13)21-10-11-9-20-6-5-15(11)17;/h1-4,7-8,11,15H,5-6,9-10,17H2;1H/t11-,15+;/m1./s1. The minimum absolute atomic E-state index is 0. The lowest BCUT2D eigenvalue weighted by Crippen LogP contribution is -2.41. The molecule has 3 rings (SSSR count). The first-order chi connectivity index (χ1) is 10.2. The summed E-state index contributed by atoms with van der Waals surface area (Å²) in [5.41, 5.74) is 7.00. The summed E-state index contributed by atoms with van der Waals surface area (Å²) in [4.78, 5) is 0. The van der Waals surface area contributed by atoms with Gasteiger partial charge in [-0.3, -0.25) is 0 Å². The molecule has 0 bridgehead atoms. The van der Waals surface area contributed by atoms with Gasteiger partial charge < -0.3 is 15.2 Å². The molecule has 2 heterocycles. The second-order valence-electron chi connectivity index (χ2n) is 5.20. The summed E-state index contributed by atoms with van der Waals surface area (Å²) < 4.78 is 13.0. The number of nitrogens with zero attached hydrogens (tertiary/aromatic N) is 2. The Kier molecular flexibility index (Phi) is 6.08. The van der Waals surface area contributed by atoms with E-state index < -0.39 is 0 Å². The van der Waals surface area contributed by atoms with Crippen LogP contribution in [0.25, 0.3) is 5.69 Å². The number of nitrogens with two attached hydrogens (primary N) is 1. The molecule has 0 aliphatic carbocycles. The zero-order chi connectivity index (χ0) is 14.7. The molecular weight excluding hydrogens is 325 g/mol. The molecule has 1 aliphatic heterocycles. The molecule has 0 amide bonds. The molecule has 1 fully saturated rings. The molecular formula is C15H19Cl2N3O2. The molecule has 22 heavy (non-hydrogen) atoms. The van der Waals surface area contributed by atoms with Crippen molar-refractivity contribution in [3.63, 3.8) is 0 Å². The number of hydrogen-bond donors (Lipinski definition) is 1. The van der Waals surface area contributed by atoms with Crippen LogP contribution in [0.3, 0.4) is 0 Å². The molecule has 1 aliphatic rings. The van der Waals surface area contributed by atoms with Crippen LogP contribution in [0, 0.1) is 5.92 Å². The van der Waals surface area contributed by atoms with E-state index in [0.29, 0.717) is 18.2 Å². The quantitative estimate of drug-likeness (QED) is 0.926. The third-order valence-electron chi connectivity index (χ3n) is 3.65. The van der Waals surface area contributed by atoms with Crippen LogP contribution in [-0.4, -0.2) is 35.6 Å². The van der Waals surface area contributed by atoms with E-state index in [1.54, 1.807) is 17.1 Å². The molecule has 1 aromatic heterocycles. The van der Waals surface area contributed by atoms with Crippen LogP contribution in [0.2, 0.25) is 5.02 Å². The smallest absolute Gasteiger partial charge is 0.119 e. The number of ether oxygens (including phenoxy) is 2. The molecule has 7 heteroatoms. The molecule has 2 N–H and O–H groups in total. The van der Waals surface area contributed by atoms with Gasteiger partial charge in [-0.1, -0.05) is 11.6 Å². The van der Waals surface area contributed by atoms with Crippen LogP contribution in [-0.2, 0) is 4.74 Å². The van der Waals surface area contributed by atoms with Gasteiger partial charge in [0.05, 0.1) is 30.1 Å². The van der Waals surface area contributed by atoms with Gasteiger partial charge in [-0.05, 0) is 30.7 Å². The van der Waals surface area contributed by atoms with Gasteiger partial charge in [-0.2, -0.15) is 5.10 Å². The zero-order valence-corrected chi connectivity index (χ0v) is 13.6. The van der Waals surface area contributed by atoms with Gasteiger partial charge in [0.25, 0.3) is 0 Å². The molecule has 0 spiro atoms. The Hall–Kier alpha value is -1.27. The van der Waals surface area contributed by atoms with Crippen LogP contribution in [0.4, 0.5) is 0 Å². The largest absolute Gasteiger partial charge is 0.493 e. The predicted octanol–water partition coefficient (Wildman–Crippen LogP) is 2.69. The number of hydrogen-bond acceptors (Lipinski definition) is 4. The topological polar surface area (TPSA) is 62.3 Å². The summed E-state index contributed by atoms with van der Waals surface area (Å²) in [5.74, 6) is 1.07. The Morgan fingerprint density at radius 1 is 1.36 bits per heavy atom. The minimum atomic E-state index is 0. The van der Waals surface area contributed by atoms with E-state index in [1.165, 1.54) is 0 Å². The third kappa shape index (κ3) is 4.14. The van der Waals surface area contributed by atoms with Gasteiger partial charge in [0, 0.05) is 24.8 Å². The second kappa shape index (κ2) is 7.83. The summed E-state index contributed by atoms with van der Waals surface area (Å²) in [7, 11) is 0. The second-order valence-corrected chi connectivity index (χ2v) is 5.63. The van der Waals surface area contributed by atoms with Crippen LogP contribution in [0.5, 0.6) is 5.75 Å². The van der Waals surface area contributed by atoms with Crippen molar-refractivity contribution >= 4 is 24.0 Å². The fraction of sp³-hybridized carbons (Fsp3) is 0.400. The average Bonchev–Trinajstić information content (AvgIpc) is 2.94. The van der Waals surface area contributed by atoms with Crippen molar-refractivity contribution in [3.05, 3.63) is 41.7 Å².